The summed E-state index contributed by atoms with van der Waals surface area (Å²) in [6, 6.07) is 89.7. The molecule has 0 saturated heterocycles. The van der Waals surface area contributed by atoms with Crippen LogP contribution in [0.3, 0.4) is 0 Å². The van der Waals surface area contributed by atoms with E-state index in [4.69, 9.17) is 0 Å². The highest BCUT2D eigenvalue weighted by Gasteiger charge is 2.51. The number of hydrogen-bond acceptors (Lipinski definition) is 1. The summed E-state index contributed by atoms with van der Waals surface area (Å²) in [7, 11) is 0. The van der Waals surface area contributed by atoms with Gasteiger partial charge in [0.1, 0.15) is 0 Å². The summed E-state index contributed by atoms with van der Waals surface area (Å²) in [5.41, 5.74) is 21.1. The van der Waals surface area contributed by atoms with Gasteiger partial charge in [-0.05, 0) is 140 Å². The quantitative estimate of drug-likeness (QED) is 0.159. The second-order valence-electron chi connectivity index (χ2n) is 19.9. The van der Waals surface area contributed by atoms with Gasteiger partial charge in [0.25, 0.3) is 0 Å². The Balaban J connectivity index is 1.10. The van der Waals surface area contributed by atoms with Crippen molar-refractivity contribution in [3.63, 3.8) is 0 Å². The molecule has 0 saturated carbocycles. The minimum atomic E-state index is -0.487. The van der Waals surface area contributed by atoms with Crippen LogP contribution in [0.25, 0.3) is 87.6 Å². The third-order valence-electron chi connectivity index (χ3n) is 16.3. The lowest BCUT2D eigenvalue weighted by Crippen LogP contribution is -2.26. The summed E-state index contributed by atoms with van der Waals surface area (Å²) >= 11 is 0. The van der Waals surface area contributed by atoms with Crippen LogP contribution in [0.1, 0.15) is 47.2 Å². The number of benzene rings is 12. The number of nitrogens with zero attached hydrogens (tertiary/aromatic N) is 1. The van der Waals surface area contributed by atoms with Crippen molar-refractivity contribution in [3.05, 3.63) is 270 Å². The van der Waals surface area contributed by atoms with Gasteiger partial charge in [0.15, 0.2) is 0 Å². The molecule has 1 heteroatoms. The predicted octanol–water partition coefficient (Wildman–Crippen LogP) is 18.1. The minimum Gasteiger partial charge on any atom is -0.310 e. The molecule has 0 N–H and O–H groups in total. The lowest BCUT2D eigenvalue weighted by atomic mass is 9.70. The first kappa shape index (κ1) is 38.6. The van der Waals surface area contributed by atoms with E-state index in [0.717, 1.165) is 17.1 Å². The maximum Gasteiger partial charge on any atom is 0.0726 e. The standard InChI is InChI=1S/C68H45N/c1-67(2)58-30-13-9-27-52(58)57-40-43(35-38-59(57)67)69(44-34-36-53-51-26-12-16-33-62(51)68(63(53)41-44)60-31-14-10-24-49(60)50-25-11-15-32-61(50)68)64-39-37-56-48-23-6-5-21-46(48)47-22-7-8-28-55(47)65(56)66(64)54-29-17-19-42-18-3-4-20-45(42)54/h3-41H,1-2H3. The fraction of sp³-hybridized carbons (Fsp3) is 0.0588. The SMILES string of the molecule is CC1(C)c2ccccc2-c2cc(N(c3ccc4c(c3)C3(c5ccccc5-c5ccccc53)c3ccccc3-4)c3ccc4c5ccccc5c5ccccc5c4c3-c3cccc4ccccc34)ccc21. The second-order valence-corrected chi connectivity index (χ2v) is 19.9. The van der Waals surface area contributed by atoms with Gasteiger partial charge in [0.05, 0.1) is 11.1 Å². The summed E-state index contributed by atoms with van der Waals surface area (Å²) in [6.45, 7) is 4.75. The third-order valence-corrected chi connectivity index (χ3v) is 16.3. The van der Waals surface area contributed by atoms with Crippen molar-refractivity contribution in [2.75, 3.05) is 4.90 Å². The van der Waals surface area contributed by atoms with Crippen molar-refractivity contribution in [1.29, 1.82) is 0 Å². The Morgan fingerprint density at radius 3 is 1.38 bits per heavy atom. The molecule has 0 amide bonds. The zero-order valence-electron chi connectivity index (χ0n) is 38.5. The van der Waals surface area contributed by atoms with Gasteiger partial charge in [-0.3, -0.25) is 0 Å². The van der Waals surface area contributed by atoms with Crippen molar-refractivity contribution in [2.24, 2.45) is 0 Å². The number of fused-ring (bicyclic) bond motifs is 20. The molecule has 1 nitrogen and oxygen atoms in total. The third kappa shape index (κ3) is 5.04. The van der Waals surface area contributed by atoms with Crippen LogP contribution in [0.2, 0.25) is 0 Å². The van der Waals surface area contributed by atoms with Gasteiger partial charge in [-0.15, -0.1) is 0 Å². The van der Waals surface area contributed by atoms with Crippen LogP contribution >= 0.6 is 0 Å². The minimum absolute atomic E-state index is 0.124. The monoisotopic (exact) mass is 875 g/mol. The van der Waals surface area contributed by atoms with Crippen LogP contribution in [-0.2, 0) is 10.8 Å². The molecule has 0 heterocycles. The first-order valence-corrected chi connectivity index (χ1v) is 24.3. The molecule has 12 aromatic carbocycles. The highest BCUT2D eigenvalue weighted by atomic mass is 15.1. The van der Waals surface area contributed by atoms with E-state index in [-0.39, 0.29) is 5.41 Å². The second kappa shape index (κ2) is 14.0. The topological polar surface area (TPSA) is 3.24 Å². The van der Waals surface area contributed by atoms with E-state index in [9.17, 15) is 0 Å². The molecule has 69 heavy (non-hydrogen) atoms. The largest absolute Gasteiger partial charge is 0.310 e. The maximum absolute atomic E-state index is 2.60. The summed E-state index contributed by atoms with van der Waals surface area (Å²) in [6.07, 6.45) is 0. The number of rotatable bonds is 4. The van der Waals surface area contributed by atoms with Crippen molar-refractivity contribution >= 4 is 60.2 Å². The number of hydrogen-bond donors (Lipinski definition) is 0. The first-order chi connectivity index (χ1) is 34.0. The zero-order valence-corrected chi connectivity index (χ0v) is 38.5. The Morgan fingerprint density at radius 2 is 0.725 bits per heavy atom. The number of anilines is 3. The molecule has 3 aliphatic rings. The lowest BCUT2D eigenvalue weighted by molar-refractivity contribution is 0.660. The maximum atomic E-state index is 2.60. The van der Waals surface area contributed by atoms with Crippen molar-refractivity contribution in [2.45, 2.75) is 24.7 Å². The zero-order chi connectivity index (χ0) is 45.6. The molecule has 0 aliphatic heterocycles. The Hall–Kier alpha value is -8.52. The Morgan fingerprint density at radius 1 is 0.290 bits per heavy atom. The van der Waals surface area contributed by atoms with Crippen LogP contribution in [0, 0.1) is 0 Å². The molecular weight excluding hydrogens is 831 g/mol. The lowest BCUT2D eigenvalue weighted by Gasteiger charge is -2.33. The highest BCUT2D eigenvalue weighted by molar-refractivity contribution is 6.31. The van der Waals surface area contributed by atoms with Crippen LogP contribution in [-0.4, -0.2) is 0 Å². The van der Waals surface area contributed by atoms with Gasteiger partial charge in [-0.2, -0.15) is 0 Å². The van der Waals surface area contributed by atoms with Gasteiger partial charge < -0.3 is 4.90 Å². The first-order valence-electron chi connectivity index (χ1n) is 24.3. The van der Waals surface area contributed by atoms with Crippen molar-refractivity contribution < 1.29 is 0 Å². The fourth-order valence-electron chi connectivity index (χ4n) is 13.4. The smallest absolute Gasteiger partial charge is 0.0726 e. The van der Waals surface area contributed by atoms with Crippen LogP contribution in [0.15, 0.2) is 237 Å². The summed E-state index contributed by atoms with van der Waals surface area (Å²) in [5.74, 6) is 0. The molecule has 0 fully saturated rings. The van der Waals surface area contributed by atoms with Crippen molar-refractivity contribution in [1.82, 2.24) is 0 Å². The fourth-order valence-corrected chi connectivity index (χ4v) is 13.4. The predicted molar refractivity (Wildman–Crippen MR) is 290 cm³/mol. The van der Waals surface area contributed by atoms with E-state index >= 15 is 0 Å². The van der Waals surface area contributed by atoms with Gasteiger partial charge in [0, 0.05) is 27.7 Å². The Bertz CT molecular complexity index is 4080. The van der Waals surface area contributed by atoms with E-state index in [1.54, 1.807) is 0 Å². The highest BCUT2D eigenvalue weighted by Crippen LogP contribution is 2.64. The van der Waals surface area contributed by atoms with E-state index in [1.807, 2.05) is 0 Å². The Kier molecular flexibility index (Phi) is 7.83. The molecule has 1 spiro atoms. The molecule has 0 atom stereocenters. The van der Waals surface area contributed by atoms with Gasteiger partial charge in [0.2, 0.25) is 0 Å². The van der Waals surface area contributed by atoms with E-state index in [0.29, 0.717) is 0 Å². The normalized spacial score (nSPS) is 14.2. The van der Waals surface area contributed by atoms with Gasteiger partial charge in [-0.1, -0.05) is 220 Å². The van der Waals surface area contributed by atoms with E-state index < -0.39 is 5.41 Å². The van der Waals surface area contributed by atoms with Gasteiger partial charge >= 0.3 is 0 Å². The molecule has 0 radical (unpaired) electrons. The summed E-state index contributed by atoms with van der Waals surface area (Å²) < 4.78 is 0. The van der Waals surface area contributed by atoms with Crippen LogP contribution in [0.4, 0.5) is 17.1 Å². The molecule has 322 valence electrons. The summed E-state index contributed by atoms with van der Waals surface area (Å²) in [5, 5.41) is 10.0. The molecule has 12 aromatic rings. The van der Waals surface area contributed by atoms with Crippen LogP contribution < -0.4 is 4.90 Å². The van der Waals surface area contributed by atoms with Crippen LogP contribution in [0.5, 0.6) is 0 Å². The molecule has 0 aromatic heterocycles. The van der Waals surface area contributed by atoms with Gasteiger partial charge in [-0.25, -0.2) is 0 Å². The average Bonchev–Trinajstić information content (AvgIpc) is 3.96. The van der Waals surface area contributed by atoms with Crippen molar-refractivity contribution in [3.8, 4) is 44.5 Å². The molecule has 0 unspecified atom stereocenters. The molecular formula is C68H45N. The molecule has 0 bridgehead atoms. The van der Waals surface area contributed by atoms with E-state index in [2.05, 4.69) is 255 Å². The molecule has 3 aliphatic carbocycles. The van der Waals surface area contributed by atoms with E-state index in [1.165, 1.54) is 121 Å². The average molecular weight is 876 g/mol. The summed E-state index contributed by atoms with van der Waals surface area (Å²) in [4.78, 5) is 2.60. The molecule has 15 rings (SSSR count). The Labute approximate surface area is 402 Å².